The molecule has 0 bridgehead atoms. The third-order valence-corrected chi connectivity index (χ3v) is 3.66. The molecule has 18 heavy (non-hydrogen) atoms. The molecule has 0 radical (unpaired) electrons. The van der Waals surface area contributed by atoms with Crippen molar-refractivity contribution in [3.63, 3.8) is 0 Å². The third-order valence-electron chi connectivity index (χ3n) is 2.71. The van der Waals surface area contributed by atoms with Crippen LogP contribution in [0, 0.1) is 6.92 Å². The molecule has 0 saturated carbocycles. The zero-order valence-electron chi connectivity index (χ0n) is 11.4. The minimum Gasteiger partial charge on any atom is -0.481 e. The van der Waals surface area contributed by atoms with E-state index in [1.54, 1.807) is 6.20 Å². The van der Waals surface area contributed by atoms with Crippen LogP contribution in [-0.4, -0.2) is 51.9 Å². The largest absolute Gasteiger partial charge is 0.481 e. The van der Waals surface area contributed by atoms with Crippen molar-refractivity contribution in [2.45, 2.75) is 31.5 Å². The monoisotopic (exact) mass is 271 g/mol. The van der Waals surface area contributed by atoms with Gasteiger partial charge in [0, 0.05) is 17.9 Å². The van der Waals surface area contributed by atoms with Crippen molar-refractivity contribution in [2.75, 3.05) is 26.4 Å². The summed E-state index contributed by atoms with van der Waals surface area (Å²) in [5, 5.41) is 9.52. The van der Waals surface area contributed by atoms with Crippen molar-refractivity contribution < 1.29 is 9.90 Å². The Hall–Kier alpha value is -1.01. The zero-order valence-corrected chi connectivity index (χ0v) is 12.2. The van der Waals surface area contributed by atoms with Gasteiger partial charge in [0.15, 0.2) is 5.16 Å². The summed E-state index contributed by atoms with van der Waals surface area (Å²) in [6.07, 6.45) is 2.82. The van der Waals surface area contributed by atoms with Crippen molar-refractivity contribution in [1.29, 1.82) is 0 Å². The molecule has 5 nitrogen and oxygen atoms in total. The van der Waals surface area contributed by atoms with Crippen molar-refractivity contribution in [2.24, 2.45) is 0 Å². The summed E-state index contributed by atoms with van der Waals surface area (Å²) < 4.78 is 2.12. The molecule has 1 heterocycles. The maximum atomic E-state index is 10.6. The predicted molar refractivity (Wildman–Crippen MR) is 73.2 cm³/mol. The Morgan fingerprint density at radius 2 is 2.28 bits per heavy atom. The number of nitrogens with zero attached hydrogens (tertiary/aromatic N) is 3. The highest BCUT2D eigenvalue weighted by Crippen LogP contribution is 2.24. The number of aliphatic carboxylic acids is 1. The van der Waals surface area contributed by atoms with Crippen LogP contribution < -0.4 is 0 Å². The first-order chi connectivity index (χ1) is 8.41. The summed E-state index contributed by atoms with van der Waals surface area (Å²) in [7, 11) is 4.10. The molecule has 1 N–H and O–H groups in total. The van der Waals surface area contributed by atoms with Crippen LogP contribution in [0.1, 0.15) is 25.1 Å². The highest BCUT2D eigenvalue weighted by Gasteiger charge is 2.14. The van der Waals surface area contributed by atoms with Crippen LogP contribution in [0.4, 0.5) is 0 Å². The van der Waals surface area contributed by atoms with Gasteiger partial charge < -0.3 is 14.6 Å². The summed E-state index contributed by atoms with van der Waals surface area (Å²) in [6.45, 7) is 5.15. The standard InChI is InChI=1S/C12H21N3O2S/c1-9(5-6-14(3)4)15-10(2)7-13-12(15)18-8-11(16)17/h7,9H,5-6,8H2,1-4H3,(H,16,17). The summed E-state index contributed by atoms with van der Waals surface area (Å²) in [5.74, 6) is -0.759. The van der Waals surface area contributed by atoms with Gasteiger partial charge in [0.2, 0.25) is 0 Å². The van der Waals surface area contributed by atoms with Gasteiger partial charge >= 0.3 is 5.97 Å². The Morgan fingerprint density at radius 3 is 2.83 bits per heavy atom. The molecule has 1 atom stereocenters. The van der Waals surface area contributed by atoms with Gasteiger partial charge in [-0.15, -0.1) is 0 Å². The Bertz CT molecular complexity index is 404. The number of aromatic nitrogens is 2. The van der Waals surface area contributed by atoms with E-state index in [1.807, 2.05) is 21.0 Å². The lowest BCUT2D eigenvalue weighted by Crippen LogP contribution is -2.18. The molecule has 102 valence electrons. The second-order valence-electron chi connectivity index (χ2n) is 4.68. The number of imidazole rings is 1. The lowest BCUT2D eigenvalue weighted by molar-refractivity contribution is -0.133. The molecule has 6 heteroatoms. The SMILES string of the molecule is Cc1cnc(SCC(=O)O)n1C(C)CCN(C)C. The van der Waals surface area contributed by atoms with Gasteiger partial charge in [-0.2, -0.15) is 0 Å². The van der Waals surface area contributed by atoms with Gasteiger partial charge in [-0.3, -0.25) is 4.79 Å². The van der Waals surface area contributed by atoms with Crippen molar-refractivity contribution >= 4 is 17.7 Å². The fourth-order valence-electron chi connectivity index (χ4n) is 1.77. The summed E-state index contributed by atoms with van der Waals surface area (Å²) in [6, 6.07) is 0.325. The zero-order chi connectivity index (χ0) is 13.7. The second-order valence-corrected chi connectivity index (χ2v) is 5.62. The number of carboxylic acid groups (broad SMARTS) is 1. The Balaban J connectivity index is 2.73. The van der Waals surface area contributed by atoms with Crippen LogP contribution in [0.15, 0.2) is 11.4 Å². The molecular weight excluding hydrogens is 250 g/mol. The van der Waals surface area contributed by atoms with Crippen LogP contribution in [-0.2, 0) is 4.79 Å². The molecule has 1 unspecified atom stereocenters. The molecule has 0 aliphatic carbocycles. The first kappa shape index (κ1) is 15.0. The number of hydrogen-bond acceptors (Lipinski definition) is 4. The van der Waals surface area contributed by atoms with E-state index >= 15 is 0 Å². The molecule has 0 aromatic carbocycles. The minimum absolute atomic E-state index is 0.0524. The van der Waals surface area contributed by atoms with Crippen molar-refractivity contribution in [3.8, 4) is 0 Å². The molecule has 1 aromatic rings. The maximum Gasteiger partial charge on any atom is 0.313 e. The van der Waals surface area contributed by atoms with E-state index in [9.17, 15) is 4.79 Å². The van der Waals surface area contributed by atoms with E-state index in [1.165, 1.54) is 11.8 Å². The third kappa shape index (κ3) is 4.34. The molecular formula is C12H21N3O2S. The Labute approximate surface area is 112 Å². The van der Waals surface area contributed by atoms with Crippen LogP contribution in [0.3, 0.4) is 0 Å². The fraction of sp³-hybridized carbons (Fsp3) is 0.667. The van der Waals surface area contributed by atoms with E-state index in [4.69, 9.17) is 5.11 Å². The molecule has 1 rings (SSSR count). The Morgan fingerprint density at radius 1 is 1.61 bits per heavy atom. The highest BCUT2D eigenvalue weighted by atomic mass is 32.2. The molecule has 0 saturated heterocycles. The lowest BCUT2D eigenvalue weighted by atomic mass is 10.2. The summed E-state index contributed by atoms with van der Waals surface area (Å²) in [4.78, 5) is 17.0. The van der Waals surface area contributed by atoms with Crippen LogP contribution in [0.5, 0.6) is 0 Å². The second kappa shape index (κ2) is 6.80. The highest BCUT2D eigenvalue weighted by molar-refractivity contribution is 7.99. The molecule has 0 aliphatic rings. The van der Waals surface area contributed by atoms with E-state index in [2.05, 4.69) is 21.4 Å². The smallest absolute Gasteiger partial charge is 0.313 e. The van der Waals surface area contributed by atoms with Crippen LogP contribution >= 0.6 is 11.8 Å². The van der Waals surface area contributed by atoms with Gasteiger partial charge in [0.25, 0.3) is 0 Å². The van der Waals surface area contributed by atoms with Crippen molar-refractivity contribution in [3.05, 3.63) is 11.9 Å². The first-order valence-electron chi connectivity index (χ1n) is 5.95. The van der Waals surface area contributed by atoms with Gasteiger partial charge in [0.05, 0.1) is 5.75 Å². The average Bonchev–Trinajstić information content (AvgIpc) is 2.64. The summed E-state index contributed by atoms with van der Waals surface area (Å²) >= 11 is 1.28. The van der Waals surface area contributed by atoms with E-state index in [0.29, 0.717) is 6.04 Å². The Kier molecular flexibility index (Phi) is 5.68. The predicted octanol–water partition coefficient (Wildman–Crippen LogP) is 1.88. The molecule has 0 aliphatic heterocycles. The topological polar surface area (TPSA) is 58.4 Å². The maximum absolute atomic E-state index is 10.6. The quantitative estimate of drug-likeness (QED) is 0.767. The van der Waals surface area contributed by atoms with Gasteiger partial charge in [-0.05, 0) is 40.9 Å². The first-order valence-corrected chi connectivity index (χ1v) is 6.93. The number of carbonyl (C=O) groups is 1. The van der Waals surface area contributed by atoms with E-state index in [0.717, 1.165) is 23.8 Å². The molecule has 0 spiro atoms. The van der Waals surface area contributed by atoms with Crippen LogP contribution in [0.2, 0.25) is 0 Å². The molecule has 1 aromatic heterocycles. The number of hydrogen-bond donors (Lipinski definition) is 1. The van der Waals surface area contributed by atoms with Gasteiger partial charge in [-0.25, -0.2) is 4.98 Å². The van der Waals surface area contributed by atoms with Crippen molar-refractivity contribution in [1.82, 2.24) is 14.5 Å². The fourth-order valence-corrected chi connectivity index (χ4v) is 2.61. The molecule has 0 fully saturated rings. The van der Waals surface area contributed by atoms with Gasteiger partial charge in [-0.1, -0.05) is 11.8 Å². The van der Waals surface area contributed by atoms with Crippen LogP contribution in [0.25, 0.3) is 0 Å². The molecule has 0 amide bonds. The van der Waals surface area contributed by atoms with Gasteiger partial charge in [0.1, 0.15) is 0 Å². The normalized spacial score (nSPS) is 12.9. The number of carboxylic acids is 1. The number of aryl methyl sites for hydroxylation is 1. The van der Waals surface area contributed by atoms with E-state index < -0.39 is 5.97 Å². The summed E-state index contributed by atoms with van der Waals surface area (Å²) in [5.41, 5.74) is 1.08. The average molecular weight is 271 g/mol. The minimum atomic E-state index is -0.812. The number of thioether (sulfide) groups is 1. The lowest BCUT2D eigenvalue weighted by Gasteiger charge is -2.20. The number of rotatable bonds is 7. The van der Waals surface area contributed by atoms with E-state index in [-0.39, 0.29) is 5.75 Å².